The lowest BCUT2D eigenvalue weighted by molar-refractivity contribution is -0.123. The smallest absolute Gasteiger partial charge is 0.323 e. The van der Waals surface area contributed by atoms with E-state index in [1.165, 1.54) is 17.0 Å². The van der Waals surface area contributed by atoms with E-state index < -0.39 is 18.1 Å². The number of nitrogens with zero attached hydrogens (tertiary/aromatic N) is 2. The highest BCUT2D eigenvalue weighted by molar-refractivity contribution is 6.30. The standard InChI is InChI=1S/C22H23ClN6O3/c23-15-7-14(9-25-11-15)10-26-20(30)17(8-13-5-6-13)27-22(32)28-18-12-29(21(24)31)19-4-2-1-3-16(18)19/h1-4,7,9,11-13,17H,5-6,8,10H2,(H2,24,31)(H,26,30)(H2,27,28,32)/t17-/m0/s1. The summed E-state index contributed by atoms with van der Waals surface area (Å²) in [5, 5.41) is 9.47. The molecule has 0 unspecified atom stereocenters. The molecule has 1 aliphatic carbocycles. The maximum atomic E-state index is 12.8. The second-order valence-corrected chi connectivity index (χ2v) is 8.26. The van der Waals surface area contributed by atoms with E-state index in [0.29, 0.717) is 34.0 Å². The molecule has 9 nitrogen and oxygen atoms in total. The molecule has 3 aromatic rings. The van der Waals surface area contributed by atoms with Gasteiger partial charge in [0.15, 0.2) is 0 Å². The number of benzene rings is 1. The van der Waals surface area contributed by atoms with Crippen LogP contribution in [0.4, 0.5) is 15.3 Å². The van der Waals surface area contributed by atoms with E-state index in [-0.39, 0.29) is 12.5 Å². The van der Waals surface area contributed by atoms with Crippen LogP contribution >= 0.6 is 11.6 Å². The SMILES string of the molecule is NC(=O)n1cc(NC(=O)N[C@@H](CC2CC2)C(=O)NCc2cncc(Cl)c2)c2ccccc21. The number of nitrogens with one attached hydrogen (secondary N) is 3. The van der Waals surface area contributed by atoms with E-state index in [1.54, 1.807) is 36.5 Å². The second kappa shape index (κ2) is 9.27. The number of aromatic nitrogens is 2. The van der Waals surface area contributed by atoms with E-state index in [9.17, 15) is 14.4 Å². The summed E-state index contributed by atoms with van der Waals surface area (Å²) in [5.41, 5.74) is 7.20. The van der Waals surface area contributed by atoms with E-state index in [4.69, 9.17) is 17.3 Å². The number of hydrogen-bond acceptors (Lipinski definition) is 4. The maximum Gasteiger partial charge on any atom is 0.323 e. The number of para-hydroxylation sites is 1. The van der Waals surface area contributed by atoms with Gasteiger partial charge in [-0.25, -0.2) is 9.59 Å². The van der Waals surface area contributed by atoms with Gasteiger partial charge in [0.2, 0.25) is 5.91 Å². The van der Waals surface area contributed by atoms with Gasteiger partial charge in [-0.2, -0.15) is 0 Å². The first-order valence-electron chi connectivity index (χ1n) is 10.3. The fourth-order valence-corrected chi connectivity index (χ4v) is 3.76. The number of carbonyl (C=O) groups is 3. The van der Waals surface area contributed by atoms with Crippen molar-refractivity contribution in [2.45, 2.75) is 31.8 Å². The fourth-order valence-electron chi connectivity index (χ4n) is 3.56. The minimum absolute atomic E-state index is 0.253. The van der Waals surface area contributed by atoms with Crippen molar-refractivity contribution in [2.24, 2.45) is 11.7 Å². The van der Waals surface area contributed by atoms with Crippen LogP contribution in [0, 0.1) is 5.92 Å². The monoisotopic (exact) mass is 454 g/mol. The summed E-state index contributed by atoms with van der Waals surface area (Å²) in [5.74, 6) is 0.127. The molecule has 5 N–H and O–H groups in total. The Morgan fingerprint density at radius 2 is 2.00 bits per heavy atom. The van der Waals surface area contributed by atoms with Crippen molar-refractivity contribution in [1.82, 2.24) is 20.2 Å². The van der Waals surface area contributed by atoms with Crippen molar-refractivity contribution in [3.8, 4) is 0 Å². The predicted octanol–water partition coefficient (Wildman–Crippen LogP) is 3.22. The summed E-state index contributed by atoms with van der Waals surface area (Å²) in [6, 6.07) is 6.91. The van der Waals surface area contributed by atoms with E-state index in [2.05, 4.69) is 20.9 Å². The van der Waals surface area contributed by atoms with Crippen LogP contribution in [0.15, 0.2) is 48.9 Å². The average Bonchev–Trinajstić information content (AvgIpc) is 3.51. The first kappa shape index (κ1) is 21.6. The highest BCUT2D eigenvalue weighted by Crippen LogP contribution is 2.33. The Balaban J connectivity index is 1.43. The summed E-state index contributed by atoms with van der Waals surface area (Å²) in [4.78, 5) is 41.2. The molecule has 0 radical (unpaired) electrons. The van der Waals surface area contributed by atoms with Gasteiger partial charge in [0.25, 0.3) is 0 Å². The van der Waals surface area contributed by atoms with Crippen LogP contribution in [0.5, 0.6) is 0 Å². The second-order valence-electron chi connectivity index (χ2n) is 7.83. The largest absolute Gasteiger partial charge is 0.351 e. The third kappa shape index (κ3) is 5.17. The number of pyridine rings is 1. The molecule has 0 bridgehead atoms. The lowest BCUT2D eigenvalue weighted by Crippen LogP contribution is -2.48. The van der Waals surface area contributed by atoms with Gasteiger partial charge in [-0.05, 0) is 30.0 Å². The molecule has 1 saturated carbocycles. The van der Waals surface area contributed by atoms with Gasteiger partial charge in [0.1, 0.15) is 6.04 Å². The highest BCUT2D eigenvalue weighted by Gasteiger charge is 2.30. The molecular formula is C22H23ClN6O3. The fraction of sp³-hybridized carbons (Fsp3) is 0.273. The molecule has 10 heteroatoms. The maximum absolute atomic E-state index is 12.8. The summed E-state index contributed by atoms with van der Waals surface area (Å²) in [6.07, 6.45) is 7.24. The van der Waals surface area contributed by atoms with Crippen molar-refractivity contribution in [1.29, 1.82) is 0 Å². The molecule has 4 rings (SSSR count). The van der Waals surface area contributed by atoms with E-state index >= 15 is 0 Å². The lowest BCUT2D eigenvalue weighted by atomic mass is 10.1. The number of hydrogen-bond donors (Lipinski definition) is 4. The Morgan fingerprint density at radius 1 is 1.22 bits per heavy atom. The summed E-state index contributed by atoms with van der Waals surface area (Å²) in [6.45, 7) is 0.253. The molecule has 1 atom stereocenters. The Hall–Kier alpha value is -3.59. The number of rotatable bonds is 7. The third-order valence-corrected chi connectivity index (χ3v) is 5.52. The van der Waals surface area contributed by atoms with Gasteiger partial charge in [-0.15, -0.1) is 0 Å². The molecule has 2 heterocycles. The molecule has 2 aromatic heterocycles. The molecule has 32 heavy (non-hydrogen) atoms. The van der Waals surface area contributed by atoms with Gasteiger partial charge in [-0.3, -0.25) is 14.3 Å². The number of anilines is 1. The minimum Gasteiger partial charge on any atom is -0.351 e. The third-order valence-electron chi connectivity index (χ3n) is 5.31. The predicted molar refractivity (Wildman–Crippen MR) is 121 cm³/mol. The number of nitrogens with two attached hydrogens (primary N) is 1. The van der Waals surface area contributed by atoms with Gasteiger partial charge >= 0.3 is 12.1 Å². The Bertz CT molecular complexity index is 1170. The van der Waals surface area contributed by atoms with E-state index in [0.717, 1.165) is 18.4 Å². The van der Waals surface area contributed by atoms with Crippen LogP contribution in [-0.4, -0.2) is 33.6 Å². The van der Waals surface area contributed by atoms with Crippen molar-refractivity contribution in [2.75, 3.05) is 5.32 Å². The molecule has 4 amide bonds. The molecular weight excluding hydrogens is 432 g/mol. The minimum atomic E-state index is -0.695. The van der Waals surface area contributed by atoms with Gasteiger partial charge in [0.05, 0.1) is 16.2 Å². The van der Waals surface area contributed by atoms with Gasteiger partial charge in [-0.1, -0.05) is 42.6 Å². The van der Waals surface area contributed by atoms with Gasteiger partial charge < -0.3 is 21.7 Å². The Labute approximate surface area is 189 Å². The first-order chi connectivity index (χ1) is 15.4. The molecule has 1 aromatic carbocycles. The first-order valence-corrected chi connectivity index (χ1v) is 10.6. The number of halogens is 1. The molecule has 1 fully saturated rings. The normalized spacial score (nSPS) is 14.0. The van der Waals surface area contributed by atoms with Crippen LogP contribution < -0.4 is 21.7 Å². The molecule has 0 aliphatic heterocycles. The zero-order valence-corrected chi connectivity index (χ0v) is 17.9. The number of amides is 4. The molecule has 0 spiro atoms. The lowest BCUT2D eigenvalue weighted by Gasteiger charge is -2.18. The van der Waals surface area contributed by atoms with Crippen LogP contribution in [-0.2, 0) is 11.3 Å². The number of fused-ring (bicyclic) bond motifs is 1. The summed E-state index contributed by atoms with van der Waals surface area (Å²) < 4.78 is 1.26. The average molecular weight is 455 g/mol. The molecule has 166 valence electrons. The number of urea groups is 1. The Kier molecular flexibility index (Phi) is 6.27. The number of carbonyl (C=O) groups excluding carboxylic acids is 3. The zero-order valence-electron chi connectivity index (χ0n) is 17.2. The van der Waals surface area contributed by atoms with Gasteiger partial charge in [0, 0.05) is 30.5 Å². The highest BCUT2D eigenvalue weighted by atomic mass is 35.5. The quantitative estimate of drug-likeness (QED) is 0.436. The summed E-state index contributed by atoms with van der Waals surface area (Å²) >= 11 is 5.94. The van der Waals surface area contributed by atoms with Crippen LogP contribution in [0.3, 0.4) is 0 Å². The number of primary amides is 1. The zero-order chi connectivity index (χ0) is 22.7. The van der Waals surface area contributed by atoms with Crippen LogP contribution in [0.1, 0.15) is 24.8 Å². The van der Waals surface area contributed by atoms with Crippen molar-refractivity contribution in [3.05, 3.63) is 59.5 Å². The van der Waals surface area contributed by atoms with Crippen LogP contribution in [0.25, 0.3) is 10.9 Å². The van der Waals surface area contributed by atoms with Crippen molar-refractivity contribution < 1.29 is 14.4 Å². The topological polar surface area (TPSA) is 131 Å². The van der Waals surface area contributed by atoms with Crippen molar-refractivity contribution >= 4 is 46.2 Å². The molecule has 1 aliphatic rings. The van der Waals surface area contributed by atoms with E-state index in [1.807, 2.05) is 0 Å². The van der Waals surface area contributed by atoms with Crippen LogP contribution in [0.2, 0.25) is 5.02 Å². The molecule has 0 saturated heterocycles. The van der Waals surface area contributed by atoms with Crippen molar-refractivity contribution in [3.63, 3.8) is 0 Å². The Morgan fingerprint density at radius 3 is 2.72 bits per heavy atom. The summed E-state index contributed by atoms with van der Waals surface area (Å²) in [7, 11) is 0.